The van der Waals surface area contributed by atoms with Crippen molar-refractivity contribution in [3.8, 4) is 11.3 Å². The monoisotopic (exact) mass is 490 g/mol. The molecule has 0 unspecified atom stereocenters. The maximum atomic E-state index is 12.7. The predicted molar refractivity (Wildman–Crippen MR) is 123 cm³/mol. The summed E-state index contributed by atoms with van der Waals surface area (Å²) < 4.78 is 5.92. The summed E-state index contributed by atoms with van der Waals surface area (Å²) in [5, 5.41) is 12.3. The van der Waals surface area contributed by atoms with Gasteiger partial charge in [-0.3, -0.25) is 15.0 Å². The molecule has 7 nitrogen and oxygen atoms in total. The van der Waals surface area contributed by atoms with E-state index in [0.717, 1.165) is 16.8 Å². The summed E-state index contributed by atoms with van der Waals surface area (Å²) in [6.07, 6.45) is 1.50. The number of carbonyl (C=O) groups is 3. The second kappa shape index (κ2) is 8.67. The third-order valence-electron chi connectivity index (χ3n) is 4.13. The molecule has 3 heterocycles. The largest absolute Gasteiger partial charge is 0.478 e. The fourth-order valence-electron chi connectivity index (χ4n) is 2.68. The molecule has 0 saturated carbocycles. The number of thioether (sulfide) groups is 1. The third-order valence-corrected chi connectivity index (χ3v) is 6.63. The summed E-state index contributed by atoms with van der Waals surface area (Å²) >= 11 is 13.7. The first-order chi connectivity index (χ1) is 14.8. The van der Waals surface area contributed by atoms with Gasteiger partial charge >= 0.3 is 5.97 Å². The molecule has 1 aromatic carbocycles. The Labute approximate surface area is 194 Å². The van der Waals surface area contributed by atoms with Crippen LogP contribution in [0, 0.1) is 0 Å². The van der Waals surface area contributed by atoms with Crippen LogP contribution < -0.4 is 5.43 Å². The highest BCUT2D eigenvalue weighted by atomic mass is 35.5. The third kappa shape index (κ3) is 4.42. The highest BCUT2D eigenvalue weighted by Gasteiger charge is 2.34. The second-order valence-corrected chi connectivity index (χ2v) is 9.17. The standard InChI is InChI=1S/C20H11ClN2O5S3/c21-13-5-3-10(19(26)27)8-12(13)14-6-4-11(28-14)9-16-18(25)23(20(29)31-16)22-17(24)15-2-1-7-30-15/h1-9H,(H,22,24)(H,26,27)/b16-9-. The molecule has 1 fully saturated rings. The molecule has 4 rings (SSSR count). The Morgan fingerprint density at radius 1 is 1.23 bits per heavy atom. The van der Waals surface area contributed by atoms with Crippen molar-refractivity contribution in [1.82, 2.24) is 10.4 Å². The molecule has 11 heteroatoms. The van der Waals surface area contributed by atoms with Gasteiger partial charge in [-0.25, -0.2) is 4.79 Å². The topological polar surface area (TPSA) is 99.9 Å². The van der Waals surface area contributed by atoms with Crippen LogP contribution in [0.3, 0.4) is 0 Å². The molecule has 3 aromatic rings. The Morgan fingerprint density at radius 3 is 2.74 bits per heavy atom. The first-order valence-electron chi connectivity index (χ1n) is 8.59. The molecule has 0 spiro atoms. The Morgan fingerprint density at radius 2 is 2.03 bits per heavy atom. The lowest BCUT2D eigenvalue weighted by molar-refractivity contribution is -0.123. The molecule has 2 N–H and O–H groups in total. The number of halogens is 1. The summed E-state index contributed by atoms with van der Waals surface area (Å²) in [6, 6.07) is 10.9. The Kier molecular flexibility index (Phi) is 5.96. The highest BCUT2D eigenvalue weighted by molar-refractivity contribution is 8.26. The maximum absolute atomic E-state index is 12.7. The Balaban J connectivity index is 1.55. The van der Waals surface area contributed by atoms with Gasteiger partial charge in [-0.2, -0.15) is 5.01 Å². The van der Waals surface area contributed by atoms with E-state index in [0.29, 0.717) is 27.0 Å². The van der Waals surface area contributed by atoms with Crippen molar-refractivity contribution in [2.45, 2.75) is 0 Å². The highest BCUT2D eigenvalue weighted by Crippen LogP contribution is 2.34. The zero-order valence-electron chi connectivity index (χ0n) is 15.3. The second-order valence-electron chi connectivity index (χ2n) is 6.14. The molecule has 0 atom stereocenters. The molecule has 156 valence electrons. The van der Waals surface area contributed by atoms with E-state index in [-0.39, 0.29) is 14.8 Å². The maximum Gasteiger partial charge on any atom is 0.335 e. The molecular weight excluding hydrogens is 480 g/mol. The molecule has 0 radical (unpaired) electrons. The average Bonchev–Trinajstić information content (AvgIpc) is 3.47. The number of thiophene rings is 1. The number of furan rings is 1. The van der Waals surface area contributed by atoms with Crippen molar-refractivity contribution in [2.24, 2.45) is 0 Å². The molecule has 1 aliphatic rings. The minimum atomic E-state index is -1.09. The van der Waals surface area contributed by atoms with E-state index in [1.54, 1.807) is 29.6 Å². The zero-order chi connectivity index (χ0) is 22.1. The molecule has 2 amide bonds. The number of rotatable bonds is 5. The van der Waals surface area contributed by atoms with Gasteiger partial charge in [0, 0.05) is 11.6 Å². The zero-order valence-corrected chi connectivity index (χ0v) is 18.5. The van der Waals surface area contributed by atoms with Gasteiger partial charge in [0.05, 0.1) is 20.4 Å². The van der Waals surface area contributed by atoms with Crippen LogP contribution in [0.2, 0.25) is 5.02 Å². The van der Waals surface area contributed by atoms with E-state index >= 15 is 0 Å². The fraction of sp³-hybridized carbons (Fsp3) is 0. The Hall–Kier alpha value is -2.92. The van der Waals surface area contributed by atoms with Crippen molar-refractivity contribution >= 4 is 75.1 Å². The molecule has 1 saturated heterocycles. The first kappa shape index (κ1) is 21.3. The lowest BCUT2D eigenvalue weighted by Gasteiger charge is -2.14. The number of hydrogen-bond donors (Lipinski definition) is 2. The van der Waals surface area contributed by atoms with Crippen LogP contribution in [0.4, 0.5) is 0 Å². The number of carboxylic acid groups (broad SMARTS) is 1. The van der Waals surface area contributed by atoms with Crippen LogP contribution in [0.5, 0.6) is 0 Å². The number of aromatic carboxylic acids is 1. The van der Waals surface area contributed by atoms with E-state index in [2.05, 4.69) is 5.43 Å². The van der Waals surface area contributed by atoms with Crippen molar-refractivity contribution in [2.75, 3.05) is 0 Å². The summed E-state index contributed by atoms with van der Waals surface area (Å²) in [4.78, 5) is 36.8. The number of nitrogens with one attached hydrogen (secondary N) is 1. The first-order valence-corrected chi connectivity index (χ1v) is 11.1. The lowest BCUT2D eigenvalue weighted by Crippen LogP contribution is -2.44. The van der Waals surface area contributed by atoms with E-state index in [1.807, 2.05) is 0 Å². The van der Waals surface area contributed by atoms with Gasteiger partial charge in [0.2, 0.25) is 0 Å². The van der Waals surface area contributed by atoms with E-state index in [1.165, 1.54) is 35.6 Å². The minimum Gasteiger partial charge on any atom is -0.478 e. The minimum absolute atomic E-state index is 0.0692. The van der Waals surface area contributed by atoms with Crippen molar-refractivity contribution < 1.29 is 23.9 Å². The molecule has 31 heavy (non-hydrogen) atoms. The molecule has 0 bridgehead atoms. The normalized spacial score (nSPS) is 15.0. The van der Waals surface area contributed by atoms with Crippen molar-refractivity contribution in [3.63, 3.8) is 0 Å². The smallest absolute Gasteiger partial charge is 0.335 e. The van der Waals surface area contributed by atoms with Crippen LogP contribution in [-0.2, 0) is 4.79 Å². The summed E-state index contributed by atoms with van der Waals surface area (Å²) in [7, 11) is 0. The van der Waals surface area contributed by atoms with Crippen LogP contribution in [0.25, 0.3) is 17.4 Å². The summed E-state index contributed by atoms with van der Waals surface area (Å²) in [6.45, 7) is 0. The average molecular weight is 491 g/mol. The van der Waals surface area contributed by atoms with Crippen LogP contribution in [0.1, 0.15) is 25.8 Å². The number of benzene rings is 1. The number of carboxylic acids is 1. The number of nitrogens with zero attached hydrogens (tertiary/aromatic N) is 1. The SMILES string of the molecule is O=C(O)c1ccc(Cl)c(-c2ccc(/C=C3\SC(=S)N(NC(=O)c4cccs4)C3=O)o2)c1. The molecule has 2 aromatic heterocycles. The fourth-order valence-corrected chi connectivity index (χ4v) is 4.66. The van der Waals surface area contributed by atoms with Crippen LogP contribution in [-0.4, -0.2) is 32.2 Å². The van der Waals surface area contributed by atoms with E-state index < -0.39 is 17.8 Å². The molecular formula is C20H11ClN2O5S3. The van der Waals surface area contributed by atoms with Gasteiger partial charge in [0.1, 0.15) is 11.5 Å². The molecule has 0 aliphatic carbocycles. The van der Waals surface area contributed by atoms with Gasteiger partial charge in [0.25, 0.3) is 11.8 Å². The number of amides is 2. The van der Waals surface area contributed by atoms with E-state index in [4.69, 9.17) is 28.2 Å². The predicted octanol–water partition coefficient (Wildman–Crippen LogP) is 4.91. The van der Waals surface area contributed by atoms with Gasteiger partial charge in [-0.05, 0) is 54.0 Å². The van der Waals surface area contributed by atoms with Gasteiger partial charge < -0.3 is 9.52 Å². The number of hydrazine groups is 1. The Bertz CT molecular complexity index is 1250. The summed E-state index contributed by atoms with van der Waals surface area (Å²) in [5.41, 5.74) is 2.98. The van der Waals surface area contributed by atoms with Crippen molar-refractivity contribution in [1.29, 1.82) is 0 Å². The van der Waals surface area contributed by atoms with Crippen molar-refractivity contribution in [3.05, 3.63) is 74.0 Å². The van der Waals surface area contributed by atoms with Gasteiger partial charge in [-0.15, -0.1) is 11.3 Å². The van der Waals surface area contributed by atoms with E-state index in [9.17, 15) is 19.5 Å². The lowest BCUT2D eigenvalue weighted by atomic mass is 10.1. The van der Waals surface area contributed by atoms with Crippen LogP contribution in [0.15, 0.2) is 57.2 Å². The van der Waals surface area contributed by atoms with Gasteiger partial charge in [-0.1, -0.05) is 29.4 Å². The van der Waals surface area contributed by atoms with Gasteiger partial charge in [0.15, 0.2) is 4.32 Å². The summed E-state index contributed by atoms with van der Waals surface area (Å²) in [5.74, 6) is -1.31. The number of carbonyl (C=O) groups excluding carboxylic acids is 2. The number of hydrogen-bond acceptors (Lipinski definition) is 7. The quantitative estimate of drug-likeness (QED) is 0.387. The van der Waals surface area contributed by atoms with Crippen LogP contribution >= 0.6 is 46.9 Å². The molecule has 1 aliphatic heterocycles. The number of thiocarbonyl (C=S) groups is 1.